The Kier molecular flexibility index (Phi) is 3.84. The smallest absolute Gasteiger partial charge is 0.210 e. The Morgan fingerprint density at radius 3 is 2.95 bits per heavy atom. The Morgan fingerprint density at radius 2 is 2.32 bits per heavy atom. The van der Waals surface area contributed by atoms with Gasteiger partial charge in [-0.3, -0.25) is 4.79 Å². The first-order valence-electron chi connectivity index (χ1n) is 6.01. The molecule has 0 aromatic carbocycles. The summed E-state index contributed by atoms with van der Waals surface area (Å²) in [5, 5.41) is 3.77. The van der Waals surface area contributed by atoms with Gasteiger partial charge in [0.2, 0.25) is 6.41 Å². The third kappa shape index (κ3) is 2.75. The number of aliphatic imine (C=N–C) groups is 1. The zero-order chi connectivity index (χ0) is 13.8. The number of aryl methyl sites for hydroxylation is 1. The Morgan fingerprint density at radius 1 is 1.53 bits per heavy atom. The van der Waals surface area contributed by atoms with Crippen LogP contribution in [0.15, 0.2) is 22.5 Å². The molecule has 2 rings (SSSR count). The molecule has 1 atom stereocenters. The second kappa shape index (κ2) is 5.55. The first kappa shape index (κ1) is 13.1. The number of nitrogens with two attached hydrogens (primary N) is 1. The van der Waals surface area contributed by atoms with Gasteiger partial charge >= 0.3 is 0 Å². The lowest BCUT2D eigenvalue weighted by Crippen LogP contribution is -2.48. The number of nitrogens with zero attached hydrogens (tertiary/aromatic N) is 5. The maximum Gasteiger partial charge on any atom is 0.210 e. The summed E-state index contributed by atoms with van der Waals surface area (Å²) in [6.45, 7) is 4.35. The predicted molar refractivity (Wildman–Crippen MR) is 72.3 cm³/mol. The number of piperidine rings is 1. The van der Waals surface area contributed by atoms with Crippen LogP contribution in [0.25, 0.3) is 0 Å². The Bertz CT molecular complexity index is 539. The lowest BCUT2D eigenvalue weighted by atomic mass is 9.99. The van der Waals surface area contributed by atoms with Crippen molar-refractivity contribution in [1.82, 2.24) is 14.9 Å². The molecule has 2 N–H and O–H groups in total. The van der Waals surface area contributed by atoms with Crippen LogP contribution >= 0.6 is 0 Å². The first-order chi connectivity index (χ1) is 9.15. The minimum absolute atomic E-state index is 0.169. The molecule has 1 amide bonds. The number of aromatic nitrogens is 2. The van der Waals surface area contributed by atoms with E-state index in [1.807, 2.05) is 13.8 Å². The molecule has 1 fully saturated rings. The van der Waals surface area contributed by atoms with Crippen LogP contribution in [0.4, 0.5) is 5.82 Å². The normalized spacial score (nSPS) is 23.9. The molecule has 2 heterocycles. The van der Waals surface area contributed by atoms with Crippen molar-refractivity contribution >= 4 is 23.7 Å². The van der Waals surface area contributed by atoms with E-state index in [0.29, 0.717) is 24.5 Å². The van der Waals surface area contributed by atoms with Gasteiger partial charge in [0.05, 0.1) is 11.8 Å². The summed E-state index contributed by atoms with van der Waals surface area (Å²) in [6.07, 6.45) is 2.89. The number of hydrogen-bond donors (Lipinski definition) is 1. The van der Waals surface area contributed by atoms with E-state index in [0.717, 1.165) is 17.8 Å². The largest absolute Gasteiger partial charge is 0.336 e. The summed E-state index contributed by atoms with van der Waals surface area (Å²) in [4.78, 5) is 25.1. The van der Waals surface area contributed by atoms with Crippen LogP contribution in [-0.2, 0) is 4.79 Å². The molecule has 100 valence electrons. The van der Waals surface area contributed by atoms with Gasteiger partial charge in [0.1, 0.15) is 12.0 Å². The molecule has 7 heteroatoms. The van der Waals surface area contributed by atoms with Gasteiger partial charge in [-0.2, -0.15) is 5.10 Å². The highest BCUT2D eigenvalue weighted by atomic mass is 16.1. The van der Waals surface area contributed by atoms with Gasteiger partial charge in [-0.1, -0.05) is 0 Å². The van der Waals surface area contributed by atoms with Gasteiger partial charge in [-0.25, -0.2) is 15.0 Å². The number of hydrogen-bond acceptors (Lipinski definition) is 6. The van der Waals surface area contributed by atoms with Crippen LogP contribution < -0.4 is 5.84 Å². The standard InChI is InChI=1S/C12H16N6O/c1-8-5-11(15-6-14-8)16-10-3-4-18(7-19)9(2)12(10)17-13/h5-7,9H,3-4,13H2,1-2H3. The molecule has 7 nitrogen and oxygen atoms in total. The second-order valence-corrected chi connectivity index (χ2v) is 4.36. The molecule has 1 aromatic heterocycles. The molecule has 0 aliphatic carbocycles. The molecule has 1 saturated heterocycles. The molecule has 0 radical (unpaired) electrons. The minimum atomic E-state index is -0.169. The molecule has 1 unspecified atom stereocenters. The van der Waals surface area contributed by atoms with Crippen molar-refractivity contribution < 1.29 is 4.79 Å². The molecule has 0 bridgehead atoms. The number of hydrazone groups is 1. The Balaban J connectivity index is 2.32. The lowest BCUT2D eigenvalue weighted by molar-refractivity contribution is -0.118. The van der Waals surface area contributed by atoms with E-state index in [4.69, 9.17) is 5.84 Å². The van der Waals surface area contributed by atoms with E-state index in [1.54, 1.807) is 11.0 Å². The van der Waals surface area contributed by atoms with Crippen LogP contribution in [0.3, 0.4) is 0 Å². The number of rotatable bonds is 2. The fourth-order valence-electron chi connectivity index (χ4n) is 2.03. The Labute approximate surface area is 111 Å². The van der Waals surface area contributed by atoms with E-state index < -0.39 is 0 Å². The van der Waals surface area contributed by atoms with Gasteiger partial charge in [-0.05, 0) is 13.8 Å². The van der Waals surface area contributed by atoms with E-state index in [9.17, 15) is 4.79 Å². The number of likely N-dealkylation sites (tertiary alicyclic amines) is 1. The molecule has 1 aliphatic heterocycles. The van der Waals surface area contributed by atoms with Crippen LogP contribution in [0, 0.1) is 6.92 Å². The average Bonchev–Trinajstić information content (AvgIpc) is 2.39. The molecule has 0 saturated carbocycles. The molecule has 0 spiro atoms. The van der Waals surface area contributed by atoms with Crippen molar-refractivity contribution in [3.8, 4) is 0 Å². The van der Waals surface area contributed by atoms with E-state index in [1.165, 1.54) is 6.33 Å². The SMILES string of the molecule is Cc1cc(N=C2CCN(C=O)C(C)C2=NN)ncn1. The zero-order valence-corrected chi connectivity index (χ0v) is 10.9. The topological polar surface area (TPSA) is 96.8 Å². The average molecular weight is 260 g/mol. The predicted octanol–water partition coefficient (Wildman–Crippen LogP) is 0.423. The maximum absolute atomic E-state index is 10.9. The molecule has 1 aromatic rings. The van der Waals surface area contributed by atoms with Crippen LogP contribution in [0.5, 0.6) is 0 Å². The molecule has 1 aliphatic rings. The summed E-state index contributed by atoms with van der Waals surface area (Å²) in [5.74, 6) is 6.00. The van der Waals surface area contributed by atoms with Gasteiger partial charge in [0.15, 0.2) is 5.82 Å². The van der Waals surface area contributed by atoms with Gasteiger partial charge in [0.25, 0.3) is 0 Å². The van der Waals surface area contributed by atoms with E-state index in [-0.39, 0.29) is 6.04 Å². The second-order valence-electron chi connectivity index (χ2n) is 4.36. The van der Waals surface area contributed by atoms with E-state index >= 15 is 0 Å². The molecular formula is C12H16N6O. The van der Waals surface area contributed by atoms with Crippen LogP contribution in [0.2, 0.25) is 0 Å². The van der Waals surface area contributed by atoms with Crippen molar-refractivity contribution in [3.63, 3.8) is 0 Å². The molecular weight excluding hydrogens is 244 g/mol. The summed E-state index contributed by atoms with van der Waals surface area (Å²) in [6, 6.07) is 1.62. The van der Waals surface area contributed by atoms with Gasteiger partial charge < -0.3 is 10.7 Å². The van der Waals surface area contributed by atoms with Crippen molar-refractivity contribution in [2.24, 2.45) is 15.9 Å². The minimum Gasteiger partial charge on any atom is -0.336 e. The summed E-state index contributed by atoms with van der Waals surface area (Å²) in [7, 11) is 0. The maximum atomic E-state index is 10.9. The number of carbonyl (C=O) groups is 1. The third-order valence-corrected chi connectivity index (χ3v) is 3.11. The quantitative estimate of drug-likeness (QED) is 0.473. The zero-order valence-electron chi connectivity index (χ0n) is 10.9. The van der Waals surface area contributed by atoms with E-state index in [2.05, 4.69) is 20.1 Å². The summed E-state index contributed by atoms with van der Waals surface area (Å²) < 4.78 is 0. The van der Waals surface area contributed by atoms with Crippen LogP contribution in [0.1, 0.15) is 19.0 Å². The lowest BCUT2D eigenvalue weighted by Gasteiger charge is -2.31. The summed E-state index contributed by atoms with van der Waals surface area (Å²) in [5.41, 5.74) is 2.24. The van der Waals surface area contributed by atoms with Crippen molar-refractivity contribution in [2.75, 3.05) is 6.54 Å². The van der Waals surface area contributed by atoms with Crippen LogP contribution in [-0.4, -0.2) is 45.3 Å². The monoisotopic (exact) mass is 260 g/mol. The highest BCUT2D eigenvalue weighted by Gasteiger charge is 2.28. The number of amides is 1. The third-order valence-electron chi connectivity index (χ3n) is 3.11. The summed E-state index contributed by atoms with van der Waals surface area (Å²) >= 11 is 0. The van der Waals surface area contributed by atoms with Crippen molar-refractivity contribution in [1.29, 1.82) is 0 Å². The van der Waals surface area contributed by atoms with Gasteiger partial charge in [0, 0.05) is 24.7 Å². The van der Waals surface area contributed by atoms with Crippen molar-refractivity contribution in [3.05, 3.63) is 18.1 Å². The fraction of sp³-hybridized carbons (Fsp3) is 0.417. The number of carbonyl (C=O) groups excluding carboxylic acids is 1. The molecule has 19 heavy (non-hydrogen) atoms. The highest BCUT2D eigenvalue weighted by Crippen LogP contribution is 2.15. The van der Waals surface area contributed by atoms with Crippen molar-refractivity contribution in [2.45, 2.75) is 26.3 Å². The fourth-order valence-corrected chi connectivity index (χ4v) is 2.03. The first-order valence-corrected chi connectivity index (χ1v) is 6.01. The Hall–Kier alpha value is -2.31. The van der Waals surface area contributed by atoms with Gasteiger partial charge in [-0.15, -0.1) is 0 Å². The highest BCUT2D eigenvalue weighted by molar-refractivity contribution is 6.45.